The first-order valence-corrected chi connectivity index (χ1v) is 6.65. The highest BCUT2D eigenvalue weighted by molar-refractivity contribution is 9.09. The Morgan fingerprint density at radius 2 is 2.17 bits per heavy atom. The van der Waals surface area contributed by atoms with Gasteiger partial charge in [-0.3, -0.25) is 4.90 Å². The van der Waals surface area contributed by atoms with E-state index in [1.165, 1.54) is 11.0 Å². The number of fused-ring (bicyclic) bond motifs is 1. The normalized spacial score (nSPS) is 18.7. The van der Waals surface area contributed by atoms with Gasteiger partial charge in [-0.2, -0.15) is 0 Å². The van der Waals surface area contributed by atoms with Crippen LogP contribution in [0.4, 0.5) is 14.9 Å². The second-order valence-corrected chi connectivity index (χ2v) is 6.28. The smallest absolute Gasteiger partial charge is 0.415 e. The molecule has 98 valence electrons. The van der Waals surface area contributed by atoms with Gasteiger partial charge < -0.3 is 4.74 Å². The number of amides is 1. The van der Waals surface area contributed by atoms with Gasteiger partial charge in [0.25, 0.3) is 0 Å². The van der Waals surface area contributed by atoms with Crippen molar-refractivity contribution in [2.75, 3.05) is 4.90 Å². The lowest BCUT2D eigenvalue weighted by Crippen LogP contribution is -2.38. The SMILES string of the molecule is CC(C)(C)OC(=O)N1c2cccc(F)c2CC1Br. The molecule has 1 amide bonds. The zero-order valence-corrected chi connectivity index (χ0v) is 12.1. The van der Waals surface area contributed by atoms with E-state index in [0.29, 0.717) is 17.7 Å². The number of benzene rings is 1. The van der Waals surface area contributed by atoms with Crippen LogP contribution in [0.2, 0.25) is 0 Å². The van der Waals surface area contributed by atoms with Crippen LogP contribution in [0.5, 0.6) is 0 Å². The number of hydrogen-bond acceptors (Lipinski definition) is 2. The van der Waals surface area contributed by atoms with E-state index in [2.05, 4.69) is 15.9 Å². The minimum absolute atomic E-state index is 0.265. The highest BCUT2D eigenvalue weighted by Gasteiger charge is 2.36. The molecule has 0 N–H and O–H groups in total. The van der Waals surface area contributed by atoms with Gasteiger partial charge in [0, 0.05) is 12.0 Å². The standard InChI is InChI=1S/C13H15BrFNO2/c1-13(2,3)18-12(17)16-10-6-4-5-9(15)8(10)7-11(16)14/h4-6,11H,7H2,1-3H3. The average molecular weight is 316 g/mol. The molecule has 0 bridgehead atoms. The maximum absolute atomic E-state index is 13.6. The van der Waals surface area contributed by atoms with E-state index in [9.17, 15) is 9.18 Å². The fourth-order valence-electron chi connectivity index (χ4n) is 1.91. The van der Waals surface area contributed by atoms with Crippen LogP contribution in [0.25, 0.3) is 0 Å². The molecule has 1 aliphatic heterocycles. The molecular formula is C13H15BrFNO2. The van der Waals surface area contributed by atoms with Crippen LogP contribution in [0.3, 0.4) is 0 Å². The third kappa shape index (κ3) is 2.51. The van der Waals surface area contributed by atoms with Crippen molar-refractivity contribution >= 4 is 27.7 Å². The highest BCUT2D eigenvalue weighted by atomic mass is 79.9. The average Bonchev–Trinajstić information content (AvgIpc) is 2.53. The Morgan fingerprint density at radius 3 is 2.78 bits per heavy atom. The number of halogens is 2. The first-order chi connectivity index (χ1) is 8.29. The van der Waals surface area contributed by atoms with Crippen molar-refractivity contribution in [2.24, 2.45) is 0 Å². The summed E-state index contributed by atoms with van der Waals surface area (Å²) in [6.45, 7) is 5.41. The number of carbonyl (C=O) groups excluding carboxylic acids is 1. The van der Waals surface area contributed by atoms with Crippen molar-refractivity contribution in [2.45, 2.75) is 37.7 Å². The van der Waals surface area contributed by atoms with Gasteiger partial charge in [-0.25, -0.2) is 9.18 Å². The molecule has 18 heavy (non-hydrogen) atoms. The van der Waals surface area contributed by atoms with Crippen molar-refractivity contribution in [3.8, 4) is 0 Å². The number of nitrogens with zero attached hydrogens (tertiary/aromatic N) is 1. The first-order valence-electron chi connectivity index (χ1n) is 5.73. The van der Waals surface area contributed by atoms with Gasteiger partial charge in [-0.15, -0.1) is 0 Å². The van der Waals surface area contributed by atoms with Crippen LogP contribution in [-0.2, 0) is 11.2 Å². The van der Waals surface area contributed by atoms with Crippen LogP contribution >= 0.6 is 15.9 Å². The van der Waals surface area contributed by atoms with Crippen molar-refractivity contribution < 1.29 is 13.9 Å². The number of hydrogen-bond donors (Lipinski definition) is 0. The molecule has 0 radical (unpaired) electrons. The molecule has 0 aliphatic carbocycles. The topological polar surface area (TPSA) is 29.5 Å². The van der Waals surface area contributed by atoms with E-state index in [-0.39, 0.29) is 10.8 Å². The zero-order valence-electron chi connectivity index (χ0n) is 10.5. The van der Waals surface area contributed by atoms with Crippen LogP contribution in [0.1, 0.15) is 26.3 Å². The van der Waals surface area contributed by atoms with Crippen molar-refractivity contribution in [3.63, 3.8) is 0 Å². The predicted molar refractivity (Wildman–Crippen MR) is 71.5 cm³/mol. The first kappa shape index (κ1) is 13.3. The number of rotatable bonds is 0. The van der Waals surface area contributed by atoms with E-state index in [4.69, 9.17) is 4.74 Å². The highest BCUT2D eigenvalue weighted by Crippen LogP contribution is 2.37. The molecule has 0 fully saturated rings. The van der Waals surface area contributed by atoms with E-state index in [1.807, 2.05) is 0 Å². The van der Waals surface area contributed by atoms with Crippen LogP contribution in [-0.4, -0.2) is 16.6 Å². The Labute approximate surface area is 114 Å². The van der Waals surface area contributed by atoms with Crippen molar-refractivity contribution in [3.05, 3.63) is 29.6 Å². The summed E-state index contributed by atoms with van der Waals surface area (Å²) in [5.41, 5.74) is 0.552. The molecule has 1 aliphatic rings. The van der Waals surface area contributed by atoms with Gasteiger partial charge >= 0.3 is 6.09 Å². The second kappa shape index (κ2) is 4.53. The van der Waals surface area contributed by atoms with Gasteiger partial charge in [-0.05, 0) is 32.9 Å². The third-order valence-electron chi connectivity index (χ3n) is 2.60. The lowest BCUT2D eigenvalue weighted by Gasteiger charge is -2.26. The Morgan fingerprint density at radius 1 is 1.50 bits per heavy atom. The summed E-state index contributed by atoms with van der Waals surface area (Å²) in [6, 6.07) is 4.72. The number of anilines is 1. The summed E-state index contributed by atoms with van der Waals surface area (Å²) in [7, 11) is 0. The fourth-order valence-corrected chi connectivity index (χ4v) is 2.62. The van der Waals surface area contributed by atoms with Gasteiger partial charge in [0.05, 0.1) is 10.6 Å². The Kier molecular flexibility index (Phi) is 3.36. The van der Waals surface area contributed by atoms with Gasteiger partial charge in [0.15, 0.2) is 0 Å². The van der Waals surface area contributed by atoms with Crippen molar-refractivity contribution in [1.82, 2.24) is 0 Å². The third-order valence-corrected chi connectivity index (χ3v) is 3.33. The molecule has 2 rings (SSSR count). The maximum atomic E-state index is 13.6. The molecular weight excluding hydrogens is 301 g/mol. The van der Waals surface area contributed by atoms with E-state index >= 15 is 0 Å². The molecule has 1 aromatic rings. The summed E-state index contributed by atoms with van der Waals surface area (Å²) in [5.74, 6) is -0.289. The fraction of sp³-hybridized carbons (Fsp3) is 0.462. The zero-order chi connectivity index (χ0) is 13.5. The van der Waals surface area contributed by atoms with E-state index in [1.54, 1.807) is 32.9 Å². The van der Waals surface area contributed by atoms with Crippen LogP contribution in [0.15, 0.2) is 18.2 Å². The van der Waals surface area contributed by atoms with E-state index < -0.39 is 11.7 Å². The predicted octanol–water partition coefficient (Wildman–Crippen LogP) is 3.84. The largest absolute Gasteiger partial charge is 0.443 e. The van der Waals surface area contributed by atoms with Crippen LogP contribution < -0.4 is 4.90 Å². The van der Waals surface area contributed by atoms with Crippen LogP contribution in [0, 0.1) is 5.82 Å². The minimum atomic E-state index is -0.570. The summed E-state index contributed by atoms with van der Waals surface area (Å²) in [6.07, 6.45) is -0.0185. The second-order valence-electron chi connectivity index (χ2n) is 5.23. The molecule has 3 nitrogen and oxygen atoms in total. The quantitative estimate of drug-likeness (QED) is 0.537. The molecule has 1 unspecified atom stereocenters. The molecule has 0 saturated carbocycles. The van der Waals surface area contributed by atoms with Gasteiger partial charge in [0.2, 0.25) is 0 Å². The summed E-state index contributed by atoms with van der Waals surface area (Å²) in [4.78, 5) is 13.3. The monoisotopic (exact) mass is 315 g/mol. The van der Waals surface area contributed by atoms with Crippen molar-refractivity contribution in [1.29, 1.82) is 0 Å². The number of alkyl halides is 1. The lowest BCUT2D eigenvalue weighted by atomic mass is 10.1. The lowest BCUT2D eigenvalue weighted by molar-refractivity contribution is 0.0581. The van der Waals surface area contributed by atoms with E-state index in [0.717, 1.165) is 0 Å². The molecule has 0 spiro atoms. The van der Waals surface area contributed by atoms with Gasteiger partial charge in [-0.1, -0.05) is 22.0 Å². The Bertz CT molecular complexity index is 484. The molecule has 1 heterocycles. The summed E-state index contributed by atoms with van der Waals surface area (Å²) >= 11 is 3.39. The Balaban J connectivity index is 2.31. The molecule has 0 saturated heterocycles. The molecule has 1 atom stereocenters. The summed E-state index contributed by atoms with van der Waals surface area (Å²) < 4.78 is 19.0. The summed E-state index contributed by atoms with van der Waals surface area (Å²) in [5, 5.41) is 0. The maximum Gasteiger partial charge on any atom is 0.415 e. The van der Waals surface area contributed by atoms with Gasteiger partial charge in [0.1, 0.15) is 11.4 Å². The molecule has 5 heteroatoms. The number of ether oxygens (including phenoxy) is 1. The minimum Gasteiger partial charge on any atom is -0.443 e. The number of carbonyl (C=O) groups is 1. The molecule has 0 aromatic heterocycles. The molecule has 1 aromatic carbocycles. The Hall–Kier alpha value is -1.10.